The van der Waals surface area contributed by atoms with Crippen molar-refractivity contribution < 1.29 is 118 Å². The van der Waals surface area contributed by atoms with E-state index in [0.29, 0.717) is 0 Å². The molecule has 0 aliphatic rings. The summed E-state index contributed by atoms with van der Waals surface area (Å²) < 4.78 is 12.5. The quantitative estimate of drug-likeness (QED) is 0.203. The Balaban J connectivity index is -0.000000107. The molecular formula is C2H2Na3O6P. The van der Waals surface area contributed by atoms with Crippen molar-refractivity contribution >= 4 is 13.6 Å². The molecule has 0 radical (unpaired) electrons. The van der Waals surface area contributed by atoms with Crippen molar-refractivity contribution in [1.82, 2.24) is 0 Å². The fourth-order valence-electron chi connectivity index (χ4n) is 0.184. The van der Waals surface area contributed by atoms with Crippen LogP contribution >= 0.6 is 7.60 Å². The summed E-state index contributed by atoms with van der Waals surface area (Å²) in [4.78, 5) is 19.4. The van der Waals surface area contributed by atoms with Crippen LogP contribution in [0.2, 0.25) is 0 Å². The van der Waals surface area contributed by atoms with Crippen LogP contribution in [0.4, 0.5) is 0 Å². The topological polar surface area (TPSA) is 113 Å². The molecule has 0 saturated heterocycles. The van der Waals surface area contributed by atoms with E-state index in [1.807, 2.05) is 0 Å². The van der Waals surface area contributed by atoms with E-state index in [9.17, 15) is 19.4 Å². The summed E-state index contributed by atoms with van der Waals surface area (Å²) >= 11 is 0. The molecule has 10 heteroatoms. The van der Waals surface area contributed by atoms with Crippen molar-refractivity contribution in [3.63, 3.8) is 0 Å². The van der Waals surface area contributed by atoms with Crippen molar-refractivity contribution in [2.75, 3.05) is 6.16 Å². The largest absolute Gasteiger partial charge is 1.00 e. The van der Waals surface area contributed by atoms with Crippen molar-refractivity contribution in [2.24, 2.45) is 0 Å². The Morgan fingerprint density at radius 3 is 1.75 bits per heavy atom. The van der Waals surface area contributed by atoms with Crippen molar-refractivity contribution in [3.05, 3.63) is 0 Å². The third kappa shape index (κ3) is 15.1. The Labute approximate surface area is 135 Å². The smallest absolute Gasteiger partial charge is 0.779 e. The molecule has 0 fully saturated rings. The summed E-state index contributed by atoms with van der Waals surface area (Å²) in [6, 6.07) is 0. The van der Waals surface area contributed by atoms with Crippen LogP contribution in [0.25, 0.3) is 0 Å². The average Bonchev–Trinajstić information content (AvgIpc) is 1.63. The third-order valence-corrected chi connectivity index (χ3v) is 1.31. The first kappa shape index (κ1) is 24.0. The van der Waals surface area contributed by atoms with E-state index in [0.717, 1.165) is 0 Å². The third-order valence-electron chi connectivity index (χ3n) is 0.436. The molecule has 0 saturated carbocycles. The number of carbonyl (C=O) groups is 1. The number of hydrogen-bond donors (Lipinski definition) is 0. The summed E-state index contributed by atoms with van der Waals surface area (Å²) in [5.41, 5.74) is 0. The molecule has 0 heterocycles. The first-order chi connectivity index (χ1) is 3.98. The normalized spacial score (nSPS) is 12.5. The minimum absolute atomic E-state index is 0. The maximum atomic E-state index is 9.88. The monoisotopic (exact) mass is 222 g/mol. The first-order valence-corrected chi connectivity index (χ1v) is 3.52. The van der Waals surface area contributed by atoms with Gasteiger partial charge in [-0.2, -0.15) is 0 Å². The van der Waals surface area contributed by atoms with Gasteiger partial charge in [-0.1, -0.05) is 0 Å². The van der Waals surface area contributed by atoms with Gasteiger partial charge in [0, 0.05) is 5.97 Å². The summed E-state index contributed by atoms with van der Waals surface area (Å²) in [6.45, 7) is 0. The number of carboxylic acid groups (broad SMARTS) is 1. The Bertz CT molecular complexity index is 161. The van der Waals surface area contributed by atoms with Gasteiger partial charge in [0.25, 0.3) is 0 Å². The van der Waals surface area contributed by atoms with Gasteiger partial charge in [0.1, 0.15) is 7.60 Å². The molecular weight excluding hydrogens is 220 g/mol. The van der Waals surface area contributed by atoms with Gasteiger partial charge in [0.05, 0.1) is 6.16 Å². The second-order valence-corrected chi connectivity index (χ2v) is 2.90. The summed E-state index contributed by atoms with van der Waals surface area (Å²) in [5, 5.41) is 18.6. The maximum Gasteiger partial charge on any atom is 1.00 e. The van der Waals surface area contributed by atoms with E-state index in [1.54, 1.807) is 0 Å². The van der Waals surface area contributed by atoms with Gasteiger partial charge in [-0.25, -0.2) is 0 Å². The molecule has 0 spiro atoms. The fourth-order valence-corrected chi connectivity index (χ4v) is 0.553. The van der Waals surface area contributed by atoms with E-state index >= 15 is 0 Å². The molecule has 0 aromatic carbocycles. The molecule has 12 heavy (non-hydrogen) atoms. The second-order valence-electron chi connectivity index (χ2n) is 1.22. The molecule has 0 aliphatic carbocycles. The van der Waals surface area contributed by atoms with Gasteiger partial charge in [0.15, 0.2) is 0 Å². The first-order valence-electron chi connectivity index (χ1n) is 1.79. The van der Waals surface area contributed by atoms with Crippen LogP contribution in [-0.2, 0) is 14.0 Å². The van der Waals surface area contributed by atoms with Gasteiger partial charge in [0.2, 0.25) is 0 Å². The molecule has 0 rings (SSSR count). The van der Waals surface area contributed by atoms with Crippen LogP contribution in [0.1, 0.15) is 0 Å². The fraction of sp³-hybridized carbons (Fsp3) is 0.500. The molecule has 6 nitrogen and oxygen atoms in total. The average molecular weight is 222 g/mol. The van der Waals surface area contributed by atoms with Crippen LogP contribution in [0.15, 0.2) is 0 Å². The standard InChI is InChI=1S/C2H5O6P.3Na/c3-2(4)1-9(6,7)8-5;;;/h5H,1H2,(H,3,4)(H,6,7);;;/q;3*+1/p-3. The van der Waals surface area contributed by atoms with Gasteiger partial charge in [-0.05, 0) is 0 Å². The molecule has 1 atom stereocenters. The minimum Gasteiger partial charge on any atom is -0.779 e. The zero-order valence-corrected chi connectivity index (χ0v) is 14.0. The zero-order chi connectivity index (χ0) is 7.49. The van der Waals surface area contributed by atoms with Crippen LogP contribution in [0, 0.1) is 0 Å². The Morgan fingerprint density at radius 2 is 1.67 bits per heavy atom. The minimum atomic E-state index is -4.70. The number of hydrogen-bond acceptors (Lipinski definition) is 6. The van der Waals surface area contributed by atoms with E-state index in [4.69, 9.17) is 5.26 Å². The van der Waals surface area contributed by atoms with Crippen LogP contribution < -0.4 is 104 Å². The van der Waals surface area contributed by atoms with E-state index in [-0.39, 0.29) is 88.7 Å². The van der Waals surface area contributed by atoms with E-state index < -0.39 is 19.7 Å². The Kier molecular flexibility index (Phi) is 23.3. The zero-order valence-electron chi connectivity index (χ0n) is 7.10. The van der Waals surface area contributed by atoms with Crippen LogP contribution in [-0.4, -0.2) is 12.1 Å². The van der Waals surface area contributed by atoms with Crippen molar-refractivity contribution in [2.45, 2.75) is 0 Å². The van der Waals surface area contributed by atoms with Crippen molar-refractivity contribution in [1.29, 1.82) is 0 Å². The molecule has 54 valence electrons. The molecule has 0 bridgehead atoms. The summed E-state index contributed by atoms with van der Waals surface area (Å²) in [7, 11) is -4.70. The maximum absolute atomic E-state index is 9.88. The summed E-state index contributed by atoms with van der Waals surface area (Å²) in [6.07, 6.45) is -1.38. The molecule has 1 unspecified atom stereocenters. The van der Waals surface area contributed by atoms with Crippen LogP contribution in [0.3, 0.4) is 0 Å². The number of carbonyl (C=O) groups excluding carboxylic acids is 1. The SMILES string of the molecule is O=C([O-])CP(=O)([O-])O[O-].[Na+].[Na+].[Na+]. The molecule has 0 aliphatic heterocycles. The second kappa shape index (κ2) is 11.7. The van der Waals surface area contributed by atoms with Gasteiger partial charge < -0.3 is 29.3 Å². The number of aliphatic carboxylic acids is 1. The molecule has 0 N–H and O–H groups in total. The van der Waals surface area contributed by atoms with Gasteiger partial charge in [-0.3, -0.25) is 0 Å². The van der Waals surface area contributed by atoms with E-state index in [2.05, 4.69) is 4.67 Å². The van der Waals surface area contributed by atoms with E-state index in [1.165, 1.54) is 0 Å². The van der Waals surface area contributed by atoms with Crippen LogP contribution in [0.5, 0.6) is 0 Å². The molecule has 0 aromatic rings. The summed E-state index contributed by atoms with van der Waals surface area (Å²) in [5.74, 6) is -1.86. The predicted octanol–water partition coefficient (Wildman–Crippen LogP) is -12.4. The Hall–Kier alpha value is 2.58. The van der Waals surface area contributed by atoms with Gasteiger partial charge >= 0.3 is 88.7 Å². The number of carboxylic acids is 1. The predicted molar refractivity (Wildman–Crippen MR) is 18.6 cm³/mol. The van der Waals surface area contributed by atoms with Crippen molar-refractivity contribution in [3.8, 4) is 0 Å². The van der Waals surface area contributed by atoms with Gasteiger partial charge in [-0.15, -0.1) is 0 Å². The molecule has 0 amide bonds. The Morgan fingerprint density at radius 1 is 1.33 bits per heavy atom. The number of rotatable bonds is 3. The molecule has 0 aromatic heterocycles.